The number of nitrogens with zero attached hydrogens (tertiary/aromatic N) is 2. The van der Waals surface area contributed by atoms with Crippen LogP contribution in [0.2, 0.25) is 0 Å². The minimum absolute atomic E-state index is 0.144. The van der Waals surface area contributed by atoms with Gasteiger partial charge in [0.25, 0.3) is 0 Å². The fraction of sp³-hybridized carbons (Fsp3) is 0.727. The van der Waals surface area contributed by atoms with E-state index in [0.29, 0.717) is 6.04 Å². The number of aryl methyl sites for hydroxylation is 1. The highest BCUT2D eigenvalue weighted by Crippen LogP contribution is 2.13. The Balaban J connectivity index is 2.17. The summed E-state index contributed by atoms with van der Waals surface area (Å²) in [4.78, 5) is 12.0. The molecule has 4 nitrogen and oxygen atoms in total. The third-order valence-corrected chi connectivity index (χ3v) is 3.00. The van der Waals surface area contributed by atoms with Crippen LogP contribution in [0.15, 0.2) is 17.2 Å². The van der Waals surface area contributed by atoms with Crippen LogP contribution >= 0.6 is 0 Å². The van der Waals surface area contributed by atoms with Gasteiger partial charge in [-0.25, -0.2) is 4.79 Å². The summed E-state index contributed by atoms with van der Waals surface area (Å²) in [6, 6.07) is 0.351. The van der Waals surface area contributed by atoms with Gasteiger partial charge in [-0.05, 0) is 25.8 Å². The van der Waals surface area contributed by atoms with E-state index < -0.39 is 0 Å². The first-order valence-corrected chi connectivity index (χ1v) is 5.81. The fourth-order valence-electron chi connectivity index (χ4n) is 2.19. The summed E-state index contributed by atoms with van der Waals surface area (Å²) in [5.74, 6) is 0. The average molecular weight is 209 g/mol. The minimum atomic E-state index is 0.144. The topological polar surface area (TPSA) is 39.0 Å². The van der Waals surface area contributed by atoms with Gasteiger partial charge in [0, 0.05) is 25.5 Å². The van der Waals surface area contributed by atoms with Crippen molar-refractivity contribution in [2.75, 3.05) is 13.1 Å². The second-order valence-corrected chi connectivity index (χ2v) is 4.18. The largest absolute Gasteiger partial charge is 0.328 e. The number of hydrogen-bond acceptors (Lipinski definition) is 2. The maximum absolute atomic E-state index is 12.0. The molecule has 1 atom stereocenters. The smallest absolute Gasteiger partial charge is 0.315 e. The lowest BCUT2D eigenvalue weighted by Crippen LogP contribution is -2.36. The van der Waals surface area contributed by atoms with Crippen LogP contribution in [0.4, 0.5) is 0 Å². The molecule has 0 bridgehead atoms. The van der Waals surface area contributed by atoms with Crippen LogP contribution in [-0.2, 0) is 6.54 Å². The maximum atomic E-state index is 12.0. The third-order valence-electron chi connectivity index (χ3n) is 3.00. The molecule has 15 heavy (non-hydrogen) atoms. The molecule has 1 unspecified atom stereocenters. The van der Waals surface area contributed by atoms with E-state index in [2.05, 4.69) is 12.2 Å². The van der Waals surface area contributed by atoms with E-state index in [0.717, 1.165) is 38.9 Å². The van der Waals surface area contributed by atoms with Crippen LogP contribution in [0.25, 0.3) is 0 Å². The van der Waals surface area contributed by atoms with E-state index in [1.807, 2.05) is 17.0 Å². The van der Waals surface area contributed by atoms with Gasteiger partial charge in [-0.15, -0.1) is 0 Å². The molecule has 0 radical (unpaired) electrons. The maximum Gasteiger partial charge on any atom is 0.328 e. The van der Waals surface area contributed by atoms with Crippen molar-refractivity contribution >= 4 is 0 Å². The normalized spacial score (nSPS) is 21.8. The van der Waals surface area contributed by atoms with Crippen molar-refractivity contribution in [3.05, 3.63) is 22.9 Å². The van der Waals surface area contributed by atoms with E-state index >= 15 is 0 Å². The molecule has 84 valence electrons. The average Bonchev–Trinajstić information content (AvgIpc) is 2.63. The summed E-state index contributed by atoms with van der Waals surface area (Å²) in [6.07, 6.45) is 7.11. The molecule has 1 aliphatic heterocycles. The van der Waals surface area contributed by atoms with Gasteiger partial charge in [0.2, 0.25) is 0 Å². The van der Waals surface area contributed by atoms with Crippen LogP contribution in [0.1, 0.15) is 32.2 Å². The van der Waals surface area contributed by atoms with E-state index in [9.17, 15) is 4.79 Å². The highest BCUT2D eigenvalue weighted by Gasteiger charge is 2.16. The van der Waals surface area contributed by atoms with E-state index in [1.165, 1.54) is 0 Å². The van der Waals surface area contributed by atoms with Crippen molar-refractivity contribution in [1.29, 1.82) is 0 Å². The highest BCUT2D eigenvalue weighted by atomic mass is 16.1. The molecule has 0 amide bonds. The summed E-state index contributed by atoms with van der Waals surface area (Å²) in [5, 5.41) is 3.33. The Morgan fingerprint density at radius 2 is 2.40 bits per heavy atom. The van der Waals surface area contributed by atoms with Crippen LogP contribution in [0.3, 0.4) is 0 Å². The Morgan fingerprint density at radius 3 is 3.07 bits per heavy atom. The number of aromatic nitrogens is 2. The van der Waals surface area contributed by atoms with Gasteiger partial charge in [-0.2, -0.15) is 0 Å². The highest BCUT2D eigenvalue weighted by molar-refractivity contribution is 4.87. The van der Waals surface area contributed by atoms with Crippen LogP contribution in [0.5, 0.6) is 0 Å². The number of nitrogens with one attached hydrogen (secondary N) is 1. The molecular weight excluding hydrogens is 190 g/mol. The van der Waals surface area contributed by atoms with Crippen molar-refractivity contribution in [2.24, 2.45) is 0 Å². The number of rotatable bonds is 3. The van der Waals surface area contributed by atoms with Gasteiger partial charge in [0.05, 0.1) is 6.04 Å². The summed E-state index contributed by atoms with van der Waals surface area (Å²) >= 11 is 0. The first kappa shape index (κ1) is 10.5. The fourth-order valence-corrected chi connectivity index (χ4v) is 2.19. The van der Waals surface area contributed by atoms with E-state index in [1.54, 1.807) is 4.57 Å². The van der Waals surface area contributed by atoms with E-state index in [-0.39, 0.29) is 5.69 Å². The lowest BCUT2D eigenvalue weighted by atomic mass is 10.1. The predicted molar refractivity (Wildman–Crippen MR) is 60.1 cm³/mol. The van der Waals surface area contributed by atoms with Gasteiger partial charge in [-0.3, -0.25) is 9.13 Å². The summed E-state index contributed by atoms with van der Waals surface area (Å²) in [6.45, 7) is 4.93. The Kier molecular flexibility index (Phi) is 3.26. The van der Waals surface area contributed by atoms with Gasteiger partial charge < -0.3 is 5.32 Å². The van der Waals surface area contributed by atoms with Crippen molar-refractivity contribution in [2.45, 2.75) is 38.8 Å². The van der Waals surface area contributed by atoms with Crippen molar-refractivity contribution in [3.8, 4) is 0 Å². The van der Waals surface area contributed by atoms with Gasteiger partial charge in [-0.1, -0.05) is 6.92 Å². The lowest BCUT2D eigenvalue weighted by molar-refractivity contribution is 0.361. The van der Waals surface area contributed by atoms with Gasteiger partial charge in [0.15, 0.2) is 0 Å². The number of imidazole rings is 1. The number of piperidine rings is 1. The molecular formula is C11H19N3O. The Hall–Kier alpha value is -1.03. The molecule has 0 spiro atoms. The standard InChI is InChI=1S/C11H19N3O/c1-2-6-13-7-8-14(11(13)15)10-4-3-5-12-9-10/h7-8,10,12H,2-6,9H2,1H3. The monoisotopic (exact) mass is 209 g/mol. The molecule has 0 aliphatic carbocycles. The molecule has 0 aromatic carbocycles. The summed E-state index contributed by atoms with van der Waals surface area (Å²) in [5.41, 5.74) is 0.144. The van der Waals surface area contributed by atoms with Crippen molar-refractivity contribution < 1.29 is 0 Å². The first-order valence-electron chi connectivity index (χ1n) is 5.81. The summed E-state index contributed by atoms with van der Waals surface area (Å²) in [7, 11) is 0. The van der Waals surface area contributed by atoms with Gasteiger partial charge >= 0.3 is 5.69 Å². The third kappa shape index (κ3) is 2.15. The van der Waals surface area contributed by atoms with Gasteiger partial charge in [0.1, 0.15) is 0 Å². The quantitative estimate of drug-likeness (QED) is 0.806. The Labute approximate surface area is 89.9 Å². The first-order chi connectivity index (χ1) is 7.33. The minimum Gasteiger partial charge on any atom is -0.315 e. The van der Waals surface area contributed by atoms with E-state index in [4.69, 9.17) is 0 Å². The second-order valence-electron chi connectivity index (χ2n) is 4.18. The molecule has 1 aromatic heterocycles. The molecule has 4 heteroatoms. The van der Waals surface area contributed by atoms with Crippen molar-refractivity contribution in [3.63, 3.8) is 0 Å². The molecule has 1 aromatic rings. The lowest BCUT2D eigenvalue weighted by Gasteiger charge is -2.23. The van der Waals surface area contributed by atoms with Crippen molar-refractivity contribution in [1.82, 2.24) is 14.5 Å². The molecule has 1 aliphatic rings. The summed E-state index contributed by atoms with van der Waals surface area (Å²) < 4.78 is 3.68. The zero-order valence-electron chi connectivity index (χ0n) is 9.28. The predicted octanol–water partition coefficient (Wildman–Crippen LogP) is 0.984. The molecule has 2 heterocycles. The van der Waals surface area contributed by atoms with Crippen LogP contribution < -0.4 is 11.0 Å². The zero-order chi connectivity index (χ0) is 10.7. The zero-order valence-corrected chi connectivity index (χ0v) is 9.28. The molecule has 2 rings (SSSR count). The Morgan fingerprint density at radius 1 is 1.53 bits per heavy atom. The SMILES string of the molecule is CCCn1ccn(C2CCCNC2)c1=O. The molecule has 1 N–H and O–H groups in total. The Bertz CT molecular complexity index is 360. The van der Waals surface area contributed by atoms with Crippen LogP contribution in [0, 0.1) is 0 Å². The second kappa shape index (κ2) is 4.66. The molecule has 1 saturated heterocycles. The molecule has 1 fully saturated rings. The molecule has 0 saturated carbocycles. The number of hydrogen-bond donors (Lipinski definition) is 1. The van der Waals surface area contributed by atoms with Crippen LogP contribution in [-0.4, -0.2) is 22.2 Å².